The number of nitrogens with one attached hydrogen (secondary N) is 2. The number of hydrogen-bond acceptors (Lipinski definition) is 4. The first-order valence-electron chi connectivity index (χ1n) is 10.7. The predicted octanol–water partition coefficient (Wildman–Crippen LogP) is 3.92. The van der Waals surface area contributed by atoms with E-state index in [1.807, 2.05) is 57.2 Å². The molecule has 32 heavy (non-hydrogen) atoms. The maximum absolute atomic E-state index is 12.7. The predicted molar refractivity (Wildman–Crippen MR) is 121 cm³/mol. The number of alkyl carbamates (subject to hydrolysis) is 1. The number of fused-ring (bicyclic) bond motifs is 3. The number of carbonyl (C=O) groups is 3. The molecule has 0 aliphatic heterocycles. The van der Waals surface area contributed by atoms with Crippen LogP contribution in [0.2, 0.25) is 0 Å². The Morgan fingerprint density at radius 1 is 0.969 bits per heavy atom. The van der Waals surface area contributed by atoms with Crippen molar-refractivity contribution in [1.29, 1.82) is 0 Å². The first-order chi connectivity index (χ1) is 15.1. The largest absolute Gasteiger partial charge is 0.481 e. The van der Waals surface area contributed by atoms with E-state index in [-0.39, 0.29) is 18.9 Å². The van der Waals surface area contributed by atoms with E-state index in [0.29, 0.717) is 0 Å². The highest BCUT2D eigenvalue weighted by atomic mass is 16.5. The van der Waals surface area contributed by atoms with Gasteiger partial charge < -0.3 is 20.5 Å². The van der Waals surface area contributed by atoms with Crippen molar-refractivity contribution in [2.75, 3.05) is 6.61 Å². The lowest BCUT2D eigenvalue weighted by Crippen LogP contribution is -2.55. The van der Waals surface area contributed by atoms with Crippen LogP contribution in [-0.4, -0.2) is 41.8 Å². The summed E-state index contributed by atoms with van der Waals surface area (Å²) >= 11 is 0. The lowest BCUT2D eigenvalue weighted by Gasteiger charge is -2.31. The van der Waals surface area contributed by atoms with Crippen molar-refractivity contribution in [2.24, 2.45) is 5.41 Å². The highest BCUT2D eigenvalue weighted by Crippen LogP contribution is 2.44. The molecule has 0 radical (unpaired) electrons. The van der Waals surface area contributed by atoms with Crippen molar-refractivity contribution in [3.05, 3.63) is 59.7 Å². The minimum Gasteiger partial charge on any atom is -0.481 e. The summed E-state index contributed by atoms with van der Waals surface area (Å²) in [5.41, 5.74) is 3.88. The molecule has 0 heterocycles. The van der Waals surface area contributed by atoms with Gasteiger partial charge in [-0.15, -0.1) is 0 Å². The minimum atomic E-state index is -1.00. The summed E-state index contributed by atoms with van der Waals surface area (Å²) in [4.78, 5) is 36.3. The monoisotopic (exact) mass is 438 g/mol. The maximum Gasteiger partial charge on any atom is 0.407 e. The molecule has 0 bridgehead atoms. The van der Waals surface area contributed by atoms with E-state index in [9.17, 15) is 14.4 Å². The molecule has 0 aromatic heterocycles. The Kier molecular flexibility index (Phi) is 6.87. The number of ether oxygens (including phenoxy) is 1. The van der Waals surface area contributed by atoms with Crippen LogP contribution in [0.5, 0.6) is 0 Å². The van der Waals surface area contributed by atoms with Gasteiger partial charge in [-0.2, -0.15) is 0 Å². The van der Waals surface area contributed by atoms with E-state index in [1.165, 1.54) is 0 Å². The zero-order chi connectivity index (χ0) is 23.5. The molecule has 1 aliphatic rings. The third-order valence-electron chi connectivity index (χ3n) is 5.60. The van der Waals surface area contributed by atoms with E-state index >= 15 is 0 Å². The van der Waals surface area contributed by atoms with Crippen molar-refractivity contribution in [3.8, 4) is 11.1 Å². The van der Waals surface area contributed by atoms with Crippen LogP contribution >= 0.6 is 0 Å². The van der Waals surface area contributed by atoms with Gasteiger partial charge in [-0.05, 0) is 34.6 Å². The molecule has 0 fully saturated rings. The first-order valence-corrected chi connectivity index (χ1v) is 10.7. The molecule has 0 saturated heterocycles. The maximum atomic E-state index is 12.7. The average Bonchev–Trinajstić information content (AvgIpc) is 3.02. The van der Waals surface area contributed by atoms with Gasteiger partial charge in [0.05, 0.1) is 6.42 Å². The van der Waals surface area contributed by atoms with Crippen molar-refractivity contribution < 1.29 is 24.2 Å². The summed E-state index contributed by atoms with van der Waals surface area (Å²) < 4.78 is 5.56. The normalized spacial score (nSPS) is 14.6. The Morgan fingerprint density at radius 2 is 1.50 bits per heavy atom. The van der Waals surface area contributed by atoms with Gasteiger partial charge >= 0.3 is 12.1 Å². The quantitative estimate of drug-likeness (QED) is 0.608. The fraction of sp³-hybridized carbons (Fsp3) is 0.400. The Bertz CT molecular complexity index is 966. The third kappa shape index (κ3) is 5.28. The molecule has 7 nitrogen and oxygen atoms in total. The van der Waals surface area contributed by atoms with Crippen LogP contribution < -0.4 is 10.6 Å². The smallest absolute Gasteiger partial charge is 0.407 e. The summed E-state index contributed by atoms with van der Waals surface area (Å²) in [6.45, 7) is 7.22. The van der Waals surface area contributed by atoms with Gasteiger partial charge in [-0.3, -0.25) is 9.59 Å². The van der Waals surface area contributed by atoms with Crippen LogP contribution in [0.1, 0.15) is 51.2 Å². The molecule has 2 aromatic rings. The molecule has 3 rings (SSSR count). The molecule has 2 aromatic carbocycles. The van der Waals surface area contributed by atoms with Crippen LogP contribution in [0, 0.1) is 5.41 Å². The molecular formula is C25H30N2O5. The molecule has 2 atom stereocenters. The fourth-order valence-corrected chi connectivity index (χ4v) is 4.07. The number of carboxylic acid groups (broad SMARTS) is 1. The van der Waals surface area contributed by atoms with Crippen LogP contribution in [0.15, 0.2) is 48.5 Å². The lowest BCUT2D eigenvalue weighted by atomic mass is 9.86. The van der Waals surface area contributed by atoms with Gasteiger partial charge in [0.1, 0.15) is 12.6 Å². The summed E-state index contributed by atoms with van der Waals surface area (Å²) in [6.07, 6.45) is -0.888. The summed E-state index contributed by atoms with van der Waals surface area (Å²) in [6, 6.07) is 14.7. The van der Waals surface area contributed by atoms with Crippen LogP contribution in [0.4, 0.5) is 4.79 Å². The number of hydrogen-bond donors (Lipinski definition) is 3. The van der Waals surface area contributed by atoms with Gasteiger partial charge in [0, 0.05) is 12.0 Å². The fourth-order valence-electron chi connectivity index (χ4n) is 4.07. The second kappa shape index (κ2) is 9.42. The molecule has 0 saturated carbocycles. The van der Waals surface area contributed by atoms with Gasteiger partial charge in [-0.25, -0.2) is 4.79 Å². The molecule has 7 heteroatoms. The number of carboxylic acids is 1. The van der Waals surface area contributed by atoms with E-state index in [1.54, 1.807) is 6.92 Å². The highest BCUT2D eigenvalue weighted by molar-refractivity contribution is 5.87. The average molecular weight is 439 g/mol. The lowest BCUT2D eigenvalue weighted by molar-refractivity contribution is -0.137. The third-order valence-corrected chi connectivity index (χ3v) is 5.60. The second-order valence-electron chi connectivity index (χ2n) is 9.28. The second-order valence-corrected chi connectivity index (χ2v) is 9.28. The van der Waals surface area contributed by atoms with Gasteiger partial charge in [0.15, 0.2) is 0 Å². The Balaban J connectivity index is 1.67. The molecular weight excluding hydrogens is 408 g/mol. The number of amides is 2. The van der Waals surface area contributed by atoms with E-state index in [2.05, 4.69) is 22.8 Å². The van der Waals surface area contributed by atoms with Gasteiger partial charge in [0.2, 0.25) is 5.91 Å². The summed E-state index contributed by atoms with van der Waals surface area (Å²) in [5.74, 6) is -1.53. The van der Waals surface area contributed by atoms with Gasteiger partial charge in [-0.1, -0.05) is 69.3 Å². The number of benzene rings is 2. The van der Waals surface area contributed by atoms with E-state index in [0.717, 1.165) is 22.3 Å². The van der Waals surface area contributed by atoms with Crippen LogP contribution in [0.3, 0.4) is 0 Å². The van der Waals surface area contributed by atoms with E-state index < -0.39 is 35.5 Å². The molecule has 3 N–H and O–H groups in total. The summed E-state index contributed by atoms with van der Waals surface area (Å²) in [7, 11) is 0. The van der Waals surface area contributed by atoms with Crippen LogP contribution in [-0.2, 0) is 14.3 Å². The Morgan fingerprint density at radius 3 is 2.00 bits per heavy atom. The van der Waals surface area contributed by atoms with E-state index in [4.69, 9.17) is 9.84 Å². The molecule has 0 spiro atoms. The Hall–Kier alpha value is -3.35. The molecule has 1 aliphatic carbocycles. The molecule has 2 amide bonds. The SMILES string of the molecule is CC(CC(=O)O)NC(=O)[C@@H](NC(=O)OCC1c2ccccc2-c2ccccc21)C(C)(C)C. The number of aliphatic carboxylic acids is 1. The first kappa shape index (κ1) is 23.3. The summed E-state index contributed by atoms with van der Waals surface area (Å²) in [5, 5.41) is 14.2. The highest BCUT2D eigenvalue weighted by Gasteiger charge is 2.35. The zero-order valence-corrected chi connectivity index (χ0v) is 18.8. The van der Waals surface area contributed by atoms with Gasteiger partial charge in [0.25, 0.3) is 0 Å². The van der Waals surface area contributed by atoms with Crippen molar-refractivity contribution in [1.82, 2.24) is 10.6 Å². The standard InChI is InChI=1S/C25H30N2O5/c1-15(13-21(28)29)26-23(30)22(25(2,3)4)27-24(31)32-14-20-18-11-7-5-9-16(18)17-10-6-8-12-19(17)20/h5-12,15,20,22H,13-14H2,1-4H3,(H,26,30)(H,27,31)(H,28,29)/t15?,22-/m1/s1. The molecule has 170 valence electrons. The van der Waals surface area contributed by atoms with Crippen molar-refractivity contribution >= 4 is 18.0 Å². The zero-order valence-electron chi connectivity index (χ0n) is 18.8. The van der Waals surface area contributed by atoms with Crippen molar-refractivity contribution in [2.45, 2.75) is 52.1 Å². The molecule has 1 unspecified atom stereocenters. The number of rotatable bonds is 7. The topological polar surface area (TPSA) is 105 Å². The Labute approximate surface area is 188 Å². The van der Waals surface area contributed by atoms with Crippen molar-refractivity contribution in [3.63, 3.8) is 0 Å². The minimum absolute atomic E-state index is 0.0781. The number of carbonyl (C=O) groups excluding carboxylic acids is 2. The van der Waals surface area contributed by atoms with Crippen LogP contribution in [0.25, 0.3) is 11.1 Å².